The van der Waals surface area contributed by atoms with Crippen LogP contribution in [0.25, 0.3) is 0 Å². The number of hydrogen-bond acceptors (Lipinski definition) is 4. The van der Waals surface area contributed by atoms with Crippen LogP contribution in [-0.2, 0) is 6.54 Å². The zero-order chi connectivity index (χ0) is 13.5. The third kappa shape index (κ3) is 4.57. The number of nitrogens with zero attached hydrogens (tertiary/aromatic N) is 3. The molecule has 0 radical (unpaired) electrons. The van der Waals surface area contributed by atoms with E-state index in [1.54, 1.807) is 6.21 Å². The van der Waals surface area contributed by atoms with Crippen molar-refractivity contribution in [3.05, 3.63) is 35.4 Å². The molecule has 0 aliphatic carbocycles. The van der Waals surface area contributed by atoms with Crippen LogP contribution in [0.1, 0.15) is 11.1 Å². The average Bonchev–Trinajstić information content (AvgIpc) is 2.41. The average molecular weight is 277 g/mol. The molecule has 1 aliphatic rings. The number of rotatable bonds is 4. The summed E-state index contributed by atoms with van der Waals surface area (Å²) in [5, 5.41) is 7.52. The van der Waals surface area contributed by atoms with Crippen molar-refractivity contribution >= 4 is 23.9 Å². The van der Waals surface area contributed by atoms with Crippen molar-refractivity contribution in [2.24, 2.45) is 21.7 Å². The molecule has 5 nitrogen and oxygen atoms in total. The summed E-state index contributed by atoms with van der Waals surface area (Å²) in [6.07, 6.45) is 1.70. The first-order chi connectivity index (χ1) is 9.25. The Balaban J connectivity index is 2.07. The van der Waals surface area contributed by atoms with Crippen molar-refractivity contribution in [2.45, 2.75) is 6.54 Å². The highest BCUT2D eigenvalue weighted by Gasteiger charge is 2.11. The maximum absolute atomic E-state index is 5.25. The van der Waals surface area contributed by atoms with Crippen LogP contribution in [0.5, 0.6) is 0 Å². The summed E-state index contributed by atoms with van der Waals surface area (Å²) in [5.74, 6) is 2.40. The van der Waals surface area contributed by atoms with Crippen LogP contribution in [0, 0.1) is 0 Å². The lowest BCUT2D eigenvalue weighted by molar-refractivity contribution is 0.294. The SMILES string of the molecule is NC(N)=NN=Cc1ccccc1CN1CCSCC1. The third-order valence-electron chi connectivity index (χ3n) is 2.92. The van der Waals surface area contributed by atoms with E-state index in [-0.39, 0.29) is 5.96 Å². The number of hydrogen-bond donors (Lipinski definition) is 2. The Bertz CT molecular complexity index is 462. The van der Waals surface area contributed by atoms with Gasteiger partial charge in [-0.05, 0) is 11.1 Å². The lowest BCUT2D eigenvalue weighted by atomic mass is 10.1. The Morgan fingerprint density at radius 1 is 1.26 bits per heavy atom. The normalized spacial score (nSPS) is 16.6. The van der Waals surface area contributed by atoms with Gasteiger partial charge in [0.15, 0.2) is 0 Å². The van der Waals surface area contributed by atoms with E-state index in [0.717, 1.165) is 25.2 Å². The minimum atomic E-state index is -0.0261. The van der Waals surface area contributed by atoms with Gasteiger partial charge in [-0.25, -0.2) is 0 Å². The van der Waals surface area contributed by atoms with Gasteiger partial charge in [-0.3, -0.25) is 4.90 Å². The van der Waals surface area contributed by atoms with E-state index in [1.165, 1.54) is 17.1 Å². The van der Waals surface area contributed by atoms with E-state index in [2.05, 4.69) is 21.2 Å². The Hall–Kier alpha value is -1.53. The fourth-order valence-electron chi connectivity index (χ4n) is 1.96. The van der Waals surface area contributed by atoms with Crippen LogP contribution < -0.4 is 11.5 Å². The van der Waals surface area contributed by atoms with Gasteiger partial charge < -0.3 is 11.5 Å². The lowest BCUT2D eigenvalue weighted by Gasteiger charge is -2.26. The summed E-state index contributed by atoms with van der Waals surface area (Å²) in [4.78, 5) is 2.46. The Morgan fingerprint density at radius 2 is 2.00 bits per heavy atom. The monoisotopic (exact) mass is 277 g/mol. The van der Waals surface area contributed by atoms with E-state index in [1.807, 2.05) is 30.0 Å². The molecule has 6 heteroatoms. The molecule has 0 bridgehead atoms. The highest BCUT2D eigenvalue weighted by molar-refractivity contribution is 7.99. The molecule has 1 heterocycles. The second-order valence-corrected chi connectivity index (χ2v) is 5.58. The molecule has 0 unspecified atom stereocenters. The Kier molecular flexibility index (Phi) is 5.23. The zero-order valence-electron chi connectivity index (χ0n) is 10.8. The first kappa shape index (κ1) is 13.9. The molecule has 0 saturated carbocycles. The maximum Gasteiger partial charge on any atom is 0.211 e. The fraction of sp³-hybridized carbons (Fsp3) is 0.385. The molecule has 0 atom stereocenters. The fourth-order valence-corrected chi connectivity index (χ4v) is 2.94. The quantitative estimate of drug-likeness (QED) is 0.485. The second kappa shape index (κ2) is 7.16. The predicted octanol–water partition coefficient (Wildman–Crippen LogP) is 0.843. The van der Waals surface area contributed by atoms with Crippen molar-refractivity contribution in [3.63, 3.8) is 0 Å². The molecule has 1 aliphatic heterocycles. The molecular weight excluding hydrogens is 258 g/mol. The number of nitrogens with two attached hydrogens (primary N) is 2. The largest absolute Gasteiger partial charge is 0.369 e. The lowest BCUT2D eigenvalue weighted by Crippen LogP contribution is -2.32. The predicted molar refractivity (Wildman–Crippen MR) is 82.4 cm³/mol. The van der Waals surface area contributed by atoms with Gasteiger partial charge in [-0.15, -0.1) is 5.10 Å². The van der Waals surface area contributed by atoms with Gasteiger partial charge >= 0.3 is 0 Å². The van der Waals surface area contributed by atoms with Crippen molar-refractivity contribution in [3.8, 4) is 0 Å². The van der Waals surface area contributed by atoms with E-state index in [0.29, 0.717) is 0 Å². The third-order valence-corrected chi connectivity index (χ3v) is 3.87. The van der Waals surface area contributed by atoms with Gasteiger partial charge in [0.2, 0.25) is 5.96 Å². The molecule has 19 heavy (non-hydrogen) atoms. The zero-order valence-corrected chi connectivity index (χ0v) is 11.6. The van der Waals surface area contributed by atoms with Crippen LogP contribution in [0.15, 0.2) is 34.5 Å². The van der Waals surface area contributed by atoms with E-state index < -0.39 is 0 Å². The van der Waals surface area contributed by atoms with Crippen molar-refractivity contribution in [1.82, 2.24) is 4.90 Å². The molecule has 1 aromatic carbocycles. The van der Waals surface area contributed by atoms with E-state index in [9.17, 15) is 0 Å². The molecule has 1 saturated heterocycles. The summed E-state index contributed by atoms with van der Waals surface area (Å²) in [6.45, 7) is 3.23. The summed E-state index contributed by atoms with van der Waals surface area (Å²) in [7, 11) is 0. The maximum atomic E-state index is 5.25. The Morgan fingerprint density at radius 3 is 2.74 bits per heavy atom. The van der Waals surface area contributed by atoms with Gasteiger partial charge in [0.05, 0.1) is 6.21 Å². The first-order valence-corrected chi connectivity index (χ1v) is 7.41. The van der Waals surface area contributed by atoms with Gasteiger partial charge in [-0.1, -0.05) is 24.3 Å². The summed E-state index contributed by atoms with van der Waals surface area (Å²) >= 11 is 2.02. The minimum Gasteiger partial charge on any atom is -0.369 e. The van der Waals surface area contributed by atoms with Crippen molar-refractivity contribution in [1.29, 1.82) is 0 Å². The van der Waals surface area contributed by atoms with Crippen LogP contribution in [0.4, 0.5) is 0 Å². The minimum absolute atomic E-state index is 0.0261. The summed E-state index contributed by atoms with van der Waals surface area (Å²) in [5.41, 5.74) is 12.8. The molecule has 0 amide bonds. The van der Waals surface area contributed by atoms with E-state index in [4.69, 9.17) is 11.5 Å². The summed E-state index contributed by atoms with van der Waals surface area (Å²) < 4.78 is 0. The van der Waals surface area contributed by atoms with Gasteiger partial charge in [0.25, 0.3) is 0 Å². The van der Waals surface area contributed by atoms with Crippen molar-refractivity contribution in [2.75, 3.05) is 24.6 Å². The Labute approximate surface area is 117 Å². The molecular formula is C13H19N5S. The smallest absolute Gasteiger partial charge is 0.211 e. The second-order valence-electron chi connectivity index (χ2n) is 4.36. The van der Waals surface area contributed by atoms with Gasteiger partial charge in [-0.2, -0.15) is 16.9 Å². The highest BCUT2D eigenvalue weighted by Crippen LogP contribution is 2.15. The summed E-state index contributed by atoms with van der Waals surface area (Å²) in [6, 6.07) is 8.19. The molecule has 2 rings (SSSR count). The van der Waals surface area contributed by atoms with E-state index >= 15 is 0 Å². The topological polar surface area (TPSA) is 80.0 Å². The van der Waals surface area contributed by atoms with Crippen LogP contribution >= 0.6 is 11.8 Å². The number of guanidine groups is 1. The molecule has 1 fully saturated rings. The van der Waals surface area contributed by atoms with Gasteiger partial charge in [0.1, 0.15) is 0 Å². The van der Waals surface area contributed by atoms with Crippen LogP contribution in [-0.4, -0.2) is 41.7 Å². The molecule has 0 aromatic heterocycles. The number of benzene rings is 1. The van der Waals surface area contributed by atoms with Crippen LogP contribution in [0.3, 0.4) is 0 Å². The van der Waals surface area contributed by atoms with Crippen molar-refractivity contribution < 1.29 is 0 Å². The standard InChI is InChI=1S/C13H19N5S/c14-13(15)17-16-9-11-3-1-2-4-12(11)10-18-5-7-19-8-6-18/h1-4,9H,5-8,10H2,(H4,14,15,17). The van der Waals surface area contributed by atoms with Gasteiger partial charge in [0, 0.05) is 31.1 Å². The highest BCUT2D eigenvalue weighted by atomic mass is 32.2. The molecule has 102 valence electrons. The molecule has 1 aromatic rings. The molecule has 4 N–H and O–H groups in total. The number of thioether (sulfide) groups is 1. The van der Waals surface area contributed by atoms with Crippen LogP contribution in [0.2, 0.25) is 0 Å². The first-order valence-electron chi connectivity index (χ1n) is 6.25. The molecule has 0 spiro atoms.